The third-order valence-corrected chi connectivity index (χ3v) is 4.47. The average Bonchev–Trinajstić information content (AvgIpc) is 3.21. The first-order valence-electron chi connectivity index (χ1n) is 9.32. The lowest BCUT2D eigenvalue weighted by molar-refractivity contribution is -0.121. The van der Waals surface area contributed by atoms with Gasteiger partial charge in [0.1, 0.15) is 12.4 Å². The summed E-state index contributed by atoms with van der Waals surface area (Å²) in [5, 5.41) is 3.57. The van der Waals surface area contributed by atoms with Crippen LogP contribution in [0.1, 0.15) is 17.9 Å². The van der Waals surface area contributed by atoms with Crippen LogP contribution in [0.5, 0.6) is 5.75 Å². The molecule has 0 aliphatic heterocycles. The van der Waals surface area contributed by atoms with E-state index in [2.05, 4.69) is 10.3 Å². The number of rotatable bonds is 10. The number of nitrogens with zero attached hydrogens (tertiary/aromatic N) is 1. The maximum Gasteiger partial charge on any atom is 0.220 e. The summed E-state index contributed by atoms with van der Waals surface area (Å²) in [5.74, 6) is 1.90. The van der Waals surface area contributed by atoms with Crippen LogP contribution in [-0.4, -0.2) is 31.2 Å². The van der Waals surface area contributed by atoms with Gasteiger partial charge in [0.05, 0.1) is 12.8 Å². The second-order valence-electron chi connectivity index (χ2n) is 6.39. The fourth-order valence-electron chi connectivity index (χ4n) is 2.63. The largest absolute Gasteiger partial charge is 0.491 e. The molecule has 1 N–H and O–H groups in total. The van der Waals surface area contributed by atoms with E-state index >= 15 is 0 Å². The lowest BCUT2D eigenvalue weighted by Crippen LogP contribution is -2.23. The average molecular weight is 415 g/mol. The maximum atomic E-state index is 12.1. The van der Waals surface area contributed by atoms with E-state index in [9.17, 15) is 4.79 Å². The molecule has 1 heterocycles. The number of benzene rings is 2. The number of nitrogens with one attached hydrogen (secondary N) is 1. The van der Waals surface area contributed by atoms with Gasteiger partial charge in [0.15, 0.2) is 11.7 Å². The molecule has 1 amide bonds. The highest BCUT2D eigenvalue weighted by Gasteiger charge is 2.09. The number of ether oxygens (including phenoxy) is 2. The van der Waals surface area contributed by atoms with Gasteiger partial charge in [-0.3, -0.25) is 4.79 Å². The Morgan fingerprint density at radius 3 is 2.59 bits per heavy atom. The number of aryl methyl sites for hydroxylation is 1. The number of hydrogen-bond acceptors (Lipinski definition) is 5. The molecule has 0 aliphatic rings. The highest BCUT2D eigenvalue weighted by Crippen LogP contribution is 2.22. The van der Waals surface area contributed by atoms with Gasteiger partial charge in [0.2, 0.25) is 5.91 Å². The Balaban J connectivity index is 1.41. The Morgan fingerprint density at radius 2 is 1.86 bits per heavy atom. The predicted molar refractivity (Wildman–Crippen MR) is 111 cm³/mol. The zero-order valence-corrected chi connectivity index (χ0v) is 16.9. The lowest BCUT2D eigenvalue weighted by Gasteiger charge is -2.07. The Kier molecular flexibility index (Phi) is 7.67. The summed E-state index contributed by atoms with van der Waals surface area (Å²) in [6.07, 6.45) is 2.40. The van der Waals surface area contributed by atoms with E-state index < -0.39 is 0 Å². The molecule has 29 heavy (non-hydrogen) atoms. The van der Waals surface area contributed by atoms with Crippen LogP contribution in [-0.2, 0) is 22.5 Å². The summed E-state index contributed by atoms with van der Waals surface area (Å²) < 4.78 is 16.2. The predicted octanol–water partition coefficient (Wildman–Crippen LogP) is 4.27. The van der Waals surface area contributed by atoms with Crippen molar-refractivity contribution in [1.29, 1.82) is 0 Å². The van der Waals surface area contributed by atoms with Crippen molar-refractivity contribution in [3.8, 4) is 17.1 Å². The van der Waals surface area contributed by atoms with Crippen LogP contribution in [0.25, 0.3) is 11.3 Å². The van der Waals surface area contributed by atoms with Crippen molar-refractivity contribution in [1.82, 2.24) is 10.3 Å². The van der Waals surface area contributed by atoms with E-state index in [-0.39, 0.29) is 5.91 Å². The third-order valence-electron chi connectivity index (χ3n) is 4.22. The number of oxazole rings is 1. The molecular formula is C22H23ClN2O4. The number of carbonyl (C=O) groups is 1. The van der Waals surface area contributed by atoms with Gasteiger partial charge < -0.3 is 19.2 Å². The Hall–Kier alpha value is -2.83. The first-order valence-corrected chi connectivity index (χ1v) is 9.70. The summed E-state index contributed by atoms with van der Waals surface area (Å²) in [5.41, 5.74) is 1.89. The van der Waals surface area contributed by atoms with E-state index in [4.69, 9.17) is 25.5 Å². The molecule has 0 fully saturated rings. The van der Waals surface area contributed by atoms with Crippen molar-refractivity contribution in [2.45, 2.75) is 19.4 Å². The minimum atomic E-state index is -0.0586. The van der Waals surface area contributed by atoms with Crippen molar-refractivity contribution in [3.05, 3.63) is 71.2 Å². The van der Waals surface area contributed by atoms with Gasteiger partial charge in [0, 0.05) is 37.1 Å². The van der Waals surface area contributed by atoms with Gasteiger partial charge >= 0.3 is 0 Å². The molecule has 0 atom stereocenters. The maximum absolute atomic E-state index is 12.1. The molecule has 3 aromatic rings. The summed E-state index contributed by atoms with van der Waals surface area (Å²) in [4.78, 5) is 16.4. The molecule has 0 unspecified atom stereocenters. The standard InChI is InChI=1S/C22H23ClN2O4/c1-27-12-13-28-19-8-2-16(3-9-19)14-24-21(26)10-11-22-25-15-20(29-22)17-4-6-18(23)7-5-17/h2-9,15H,10-14H2,1H3,(H,24,26). The van der Waals surface area contributed by atoms with Gasteiger partial charge in [-0.25, -0.2) is 4.98 Å². The van der Waals surface area contributed by atoms with Crippen LogP contribution in [0.4, 0.5) is 0 Å². The van der Waals surface area contributed by atoms with Crippen molar-refractivity contribution < 1.29 is 18.7 Å². The minimum absolute atomic E-state index is 0.0586. The van der Waals surface area contributed by atoms with E-state index in [1.165, 1.54) is 0 Å². The normalized spacial score (nSPS) is 10.7. The minimum Gasteiger partial charge on any atom is -0.491 e. The lowest BCUT2D eigenvalue weighted by atomic mass is 10.2. The van der Waals surface area contributed by atoms with Crippen LogP contribution in [0.2, 0.25) is 5.02 Å². The fourth-order valence-corrected chi connectivity index (χ4v) is 2.76. The van der Waals surface area contributed by atoms with Gasteiger partial charge in [-0.15, -0.1) is 0 Å². The first-order chi connectivity index (χ1) is 14.1. The molecule has 0 bridgehead atoms. The molecule has 7 heteroatoms. The number of carbonyl (C=O) groups excluding carboxylic acids is 1. The summed E-state index contributed by atoms with van der Waals surface area (Å²) in [7, 11) is 1.63. The van der Waals surface area contributed by atoms with E-state index in [0.29, 0.717) is 49.3 Å². The molecule has 0 aliphatic carbocycles. The Bertz CT molecular complexity index is 907. The van der Waals surface area contributed by atoms with Crippen LogP contribution in [0.3, 0.4) is 0 Å². The quantitative estimate of drug-likeness (QED) is 0.501. The van der Waals surface area contributed by atoms with E-state index in [1.54, 1.807) is 25.4 Å². The molecule has 3 rings (SSSR count). The molecule has 0 saturated carbocycles. The van der Waals surface area contributed by atoms with Crippen molar-refractivity contribution in [3.63, 3.8) is 0 Å². The molecule has 2 aromatic carbocycles. The van der Waals surface area contributed by atoms with E-state index in [1.807, 2.05) is 36.4 Å². The summed E-state index contributed by atoms with van der Waals surface area (Å²) in [6.45, 7) is 1.51. The smallest absolute Gasteiger partial charge is 0.220 e. The monoisotopic (exact) mass is 414 g/mol. The Labute approximate surface area is 174 Å². The van der Waals surface area contributed by atoms with Gasteiger partial charge in [-0.05, 0) is 42.0 Å². The van der Waals surface area contributed by atoms with Crippen molar-refractivity contribution >= 4 is 17.5 Å². The van der Waals surface area contributed by atoms with Crippen LogP contribution in [0.15, 0.2) is 59.1 Å². The second-order valence-corrected chi connectivity index (χ2v) is 6.82. The molecule has 0 saturated heterocycles. The number of aromatic nitrogens is 1. The molecule has 1 aromatic heterocycles. The zero-order valence-electron chi connectivity index (χ0n) is 16.2. The number of methoxy groups -OCH3 is 1. The van der Waals surface area contributed by atoms with Crippen LogP contribution >= 0.6 is 11.6 Å². The van der Waals surface area contributed by atoms with Crippen LogP contribution in [0, 0.1) is 0 Å². The highest BCUT2D eigenvalue weighted by atomic mass is 35.5. The van der Waals surface area contributed by atoms with Gasteiger partial charge in [-0.1, -0.05) is 23.7 Å². The van der Waals surface area contributed by atoms with Crippen LogP contribution < -0.4 is 10.1 Å². The molecule has 6 nitrogen and oxygen atoms in total. The molecular weight excluding hydrogens is 392 g/mol. The van der Waals surface area contributed by atoms with Gasteiger partial charge in [0.25, 0.3) is 0 Å². The Morgan fingerprint density at radius 1 is 1.10 bits per heavy atom. The van der Waals surface area contributed by atoms with Crippen molar-refractivity contribution in [2.75, 3.05) is 20.3 Å². The topological polar surface area (TPSA) is 73.6 Å². The van der Waals surface area contributed by atoms with Gasteiger partial charge in [-0.2, -0.15) is 0 Å². The third kappa shape index (κ3) is 6.62. The fraction of sp³-hybridized carbons (Fsp3) is 0.273. The molecule has 0 radical (unpaired) electrons. The first kappa shape index (κ1) is 20.9. The SMILES string of the molecule is COCCOc1ccc(CNC(=O)CCc2ncc(-c3ccc(Cl)cc3)o2)cc1. The summed E-state index contributed by atoms with van der Waals surface area (Å²) >= 11 is 5.89. The molecule has 0 spiro atoms. The number of hydrogen-bond donors (Lipinski definition) is 1. The highest BCUT2D eigenvalue weighted by molar-refractivity contribution is 6.30. The van der Waals surface area contributed by atoms with Crippen molar-refractivity contribution in [2.24, 2.45) is 0 Å². The zero-order chi connectivity index (χ0) is 20.5. The molecule has 152 valence electrons. The number of amides is 1. The number of halogens is 1. The van der Waals surface area contributed by atoms with E-state index in [0.717, 1.165) is 16.9 Å². The summed E-state index contributed by atoms with van der Waals surface area (Å²) in [6, 6.07) is 14.9. The second kappa shape index (κ2) is 10.6.